The molecule has 1 rings (SSSR count). The highest BCUT2D eigenvalue weighted by molar-refractivity contribution is 5.80. The lowest BCUT2D eigenvalue weighted by Crippen LogP contribution is -2.43. The number of rotatable bonds is 6. The number of nitrogens with two attached hydrogens (primary N) is 1. The zero-order valence-corrected chi connectivity index (χ0v) is 10.2. The lowest BCUT2D eigenvalue weighted by Gasteiger charge is -2.26. The molecule has 0 radical (unpaired) electrons. The van der Waals surface area contributed by atoms with Crippen LogP contribution < -0.4 is 11.1 Å². The fourth-order valence-corrected chi connectivity index (χ4v) is 1.99. The van der Waals surface area contributed by atoms with Crippen LogP contribution >= 0.6 is 0 Å². The van der Waals surface area contributed by atoms with Crippen LogP contribution in [0.3, 0.4) is 0 Å². The Labute approximate surface area is 97.0 Å². The summed E-state index contributed by atoms with van der Waals surface area (Å²) in [5.41, 5.74) is 5.45. The Hall–Kier alpha value is -0.810. The number of hydrogen-bond donors (Lipinski definition) is 3. The SMILES string of the molecule is CCC(CC(N)=NO)NCC1(C)CCCO1. The lowest BCUT2D eigenvalue weighted by atomic mass is 10.0. The van der Waals surface area contributed by atoms with Crippen molar-refractivity contribution in [3.05, 3.63) is 0 Å². The highest BCUT2D eigenvalue weighted by atomic mass is 16.5. The third-order valence-electron chi connectivity index (χ3n) is 3.14. The van der Waals surface area contributed by atoms with Gasteiger partial charge in [0.25, 0.3) is 0 Å². The molecule has 0 aliphatic carbocycles. The molecule has 2 atom stereocenters. The Morgan fingerprint density at radius 1 is 1.69 bits per heavy atom. The van der Waals surface area contributed by atoms with E-state index in [9.17, 15) is 0 Å². The molecule has 5 nitrogen and oxygen atoms in total. The third kappa shape index (κ3) is 3.98. The Balaban J connectivity index is 2.33. The van der Waals surface area contributed by atoms with Crippen LogP contribution in [-0.4, -0.2) is 35.8 Å². The van der Waals surface area contributed by atoms with Crippen LogP contribution in [-0.2, 0) is 4.74 Å². The summed E-state index contributed by atoms with van der Waals surface area (Å²) in [6.07, 6.45) is 3.75. The fraction of sp³-hybridized carbons (Fsp3) is 0.909. The molecular weight excluding hydrogens is 206 g/mol. The Bertz CT molecular complexity index is 237. The molecule has 1 heterocycles. The third-order valence-corrected chi connectivity index (χ3v) is 3.14. The summed E-state index contributed by atoms with van der Waals surface area (Å²) in [6.45, 7) is 5.89. The molecule has 94 valence electrons. The van der Waals surface area contributed by atoms with Gasteiger partial charge in [0.15, 0.2) is 0 Å². The lowest BCUT2D eigenvalue weighted by molar-refractivity contribution is 0.0188. The van der Waals surface area contributed by atoms with Gasteiger partial charge in [0.2, 0.25) is 0 Å². The predicted molar refractivity (Wildman–Crippen MR) is 63.7 cm³/mol. The Morgan fingerprint density at radius 3 is 2.94 bits per heavy atom. The van der Waals surface area contributed by atoms with Gasteiger partial charge in [-0.2, -0.15) is 0 Å². The number of hydrogen-bond acceptors (Lipinski definition) is 4. The number of nitrogens with zero attached hydrogens (tertiary/aromatic N) is 1. The topological polar surface area (TPSA) is 79.9 Å². The van der Waals surface area contributed by atoms with Crippen molar-refractivity contribution >= 4 is 5.84 Å². The second-order valence-corrected chi connectivity index (χ2v) is 4.68. The summed E-state index contributed by atoms with van der Waals surface area (Å²) in [5.74, 6) is 0.275. The molecule has 0 aromatic heterocycles. The first-order chi connectivity index (χ1) is 7.59. The first-order valence-electron chi connectivity index (χ1n) is 5.93. The summed E-state index contributed by atoms with van der Waals surface area (Å²) >= 11 is 0. The molecule has 1 aliphatic heterocycles. The van der Waals surface area contributed by atoms with Gasteiger partial charge in [0.1, 0.15) is 5.84 Å². The van der Waals surface area contributed by atoms with Crippen LogP contribution in [0.25, 0.3) is 0 Å². The Morgan fingerprint density at radius 2 is 2.44 bits per heavy atom. The zero-order chi connectivity index (χ0) is 12.0. The van der Waals surface area contributed by atoms with E-state index in [0.29, 0.717) is 6.42 Å². The van der Waals surface area contributed by atoms with E-state index in [1.807, 2.05) is 0 Å². The highest BCUT2D eigenvalue weighted by Crippen LogP contribution is 2.24. The van der Waals surface area contributed by atoms with Gasteiger partial charge < -0.3 is 21.0 Å². The van der Waals surface area contributed by atoms with E-state index >= 15 is 0 Å². The minimum atomic E-state index is -0.0431. The van der Waals surface area contributed by atoms with Crippen molar-refractivity contribution in [1.82, 2.24) is 5.32 Å². The summed E-state index contributed by atoms with van der Waals surface area (Å²) in [7, 11) is 0. The van der Waals surface area contributed by atoms with Crippen molar-refractivity contribution in [3.8, 4) is 0 Å². The molecule has 4 N–H and O–H groups in total. The van der Waals surface area contributed by atoms with Gasteiger partial charge in [0, 0.05) is 25.6 Å². The molecule has 0 saturated carbocycles. The van der Waals surface area contributed by atoms with Gasteiger partial charge in [0.05, 0.1) is 5.60 Å². The van der Waals surface area contributed by atoms with Gasteiger partial charge in [-0.25, -0.2) is 0 Å². The molecule has 0 bridgehead atoms. The van der Waals surface area contributed by atoms with Gasteiger partial charge >= 0.3 is 0 Å². The van der Waals surface area contributed by atoms with E-state index in [0.717, 1.165) is 32.4 Å². The van der Waals surface area contributed by atoms with Crippen LogP contribution in [0, 0.1) is 0 Å². The van der Waals surface area contributed by atoms with Crippen molar-refractivity contribution in [2.75, 3.05) is 13.2 Å². The van der Waals surface area contributed by atoms with E-state index in [1.54, 1.807) is 0 Å². The summed E-state index contributed by atoms with van der Waals surface area (Å²) in [6, 6.07) is 0.247. The maximum atomic E-state index is 8.52. The first-order valence-corrected chi connectivity index (χ1v) is 5.93. The first kappa shape index (κ1) is 13.3. The fourth-order valence-electron chi connectivity index (χ4n) is 1.99. The number of oxime groups is 1. The largest absolute Gasteiger partial charge is 0.409 e. The Kier molecular flexibility index (Phi) is 5.02. The number of nitrogens with one attached hydrogen (secondary N) is 1. The molecule has 0 amide bonds. The van der Waals surface area contributed by atoms with Crippen LogP contribution in [0.15, 0.2) is 5.16 Å². The van der Waals surface area contributed by atoms with Crippen LogP contribution in [0.4, 0.5) is 0 Å². The standard InChI is InChI=1S/C11H23N3O2/c1-3-9(7-10(12)14-15)13-8-11(2)5-4-6-16-11/h9,13,15H,3-8H2,1-2H3,(H2,12,14). The van der Waals surface area contributed by atoms with Crippen LogP contribution in [0.2, 0.25) is 0 Å². The quantitative estimate of drug-likeness (QED) is 0.275. The minimum absolute atomic E-state index is 0.0431. The molecule has 0 aromatic carbocycles. The maximum Gasteiger partial charge on any atom is 0.140 e. The average Bonchev–Trinajstić information content (AvgIpc) is 2.71. The van der Waals surface area contributed by atoms with Crippen molar-refractivity contribution in [2.24, 2.45) is 10.9 Å². The molecule has 1 fully saturated rings. The minimum Gasteiger partial charge on any atom is -0.409 e. The van der Waals surface area contributed by atoms with Crippen LogP contribution in [0.5, 0.6) is 0 Å². The number of ether oxygens (including phenoxy) is 1. The van der Waals surface area contributed by atoms with E-state index in [4.69, 9.17) is 15.7 Å². The van der Waals surface area contributed by atoms with Crippen molar-refractivity contribution < 1.29 is 9.94 Å². The predicted octanol–water partition coefficient (Wildman–Crippen LogP) is 1.06. The molecule has 5 heteroatoms. The number of amidine groups is 1. The summed E-state index contributed by atoms with van der Waals surface area (Å²) in [5, 5.41) is 14.9. The maximum absolute atomic E-state index is 8.52. The summed E-state index contributed by atoms with van der Waals surface area (Å²) in [4.78, 5) is 0. The molecule has 1 aliphatic rings. The van der Waals surface area contributed by atoms with Gasteiger partial charge in [-0.15, -0.1) is 0 Å². The molecular formula is C11H23N3O2. The average molecular weight is 229 g/mol. The molecule has 0 spiro atoms. The molecule has 0 aromatic rings. The second-order valence-electron chi connectivity index (χ2n) is 4.68. The monoisotopic (exact) mass is 229 g/mol. The van der Waals surface area contributed by atoms with Crippen molar-refractivity contribution in [3.63, 3.8) is 0 Å². The van der Waals surface area contributed by atoms with E-state index < -0.39 is 0 Å². The molecule has 2 unspecified atom stereocenters. The zero-order valence-electron chi connectivity index (χ0n) is 10.2. The molecule has 1 saturated heterocycles. The second kappa shape index (κ2) is 6.06. The van der Waals surface area contributed by atoms with E-state index in [2.05, 4.69) is 24.3 Å². The van der Waals surface area contributed by atoms with Crippen molar-refractivity contribution in [1.29, 1.82) is 0 Å². The van der Waals surface area contributed by atoms with E-state index in [-0.39, 0.29) is 17.5 Å². The highest BCUT2D eigenvalue weighted by Gasteiger charge is 2.29. The molecule has 16 heavy (non-hydrogen) atoms. The normalized spacial score (nSPS) is 28.2. The van der Waals surface area contributed by atoms with Crippen molar-refractivity contribution in [2.45, 2.75) is 51.2 Å². The van der Waals surface area contributed by atoms with Gasteiger partial charge in [-0.1, -0.05) is 12.1 Å². The van der Waals surface area contributed by atoms with E-state index in [1.165, 1.54) is 0 Å². The van der Waals surface area contributed by atoms with Crippen LogP contribution in [0.1, 0.15) is 39.5 Å². The van der Waals surface area contributed by atoms with Gasteiger partial charge in [-0.05, 0) is 26.2 Å². The smallest absolute Gasteiger partial charge is 0.140 e. The summed E-state index contributed by atoms with van der Waals surface area (Å²) < 4.78 is 5.69. The van der Waals surface area contributed by atoms with Gasteiger partial charge in [-0.3, -0.25) is 0 Å².